The van der Waals surface area contributed by atoms with Crippen LogP contribution < -0.4 is 0 Å². The van der Waals surface area contributed by atoms with Crippen molar-refractivity contribution >= 4 is 17.4 Å². The summed E-state index contributed by atoms with van der Waals surface area (Å²) < 4.78 is 31.0. The molecule has 0 aliphatic heterocycles. The summed E-state index contributed by atoms with van der Waals surface area (Å²) >= 11 is 5.74. The fraction of sp³-hybridized carbons (Fsp3) is 0.133. The fourth-order valence-corrected chi connectivity index (χ4v) is 1.72. The Labute approximate surface area is 119 Å². The van der Waals surface area contributed by atoms with Crippen LogP contribution in [0.25, 0.3) is 0 Å². The third-order valence-corrected chi connectivity index (χ3v) is 2.91. The second kappa shape index (κ2) is 6.59. The van der Waals surface area contributed by atoms with E-state index in [4.69, 9.17) is 16.3 Å². The monoisotopic (exact) mass is 296 g/mol. The number of hydrogen-bond donors (Lipinski definition) is 0. The first-order valence-corrected chi connectivity index (χ1v) is 6.24. The zero-order valence-electron chi connectivity index (χ0n) is 10.4. The van der Waals surface area contributed by atoms with E-state index < -0.39 is 17.4 Å². The van der Waals surface area contributed by atoms with E-state index in [2.05, 4.69) is 0 Å². The highest BCUT2D eigenvalue weighted by Crippen LogP contribution is 2.12. The Morgan fingerprint density at radius 2 is 1.75 bits per heavy atom. The average molecular weight is 297 g/mol. The van der Waals surface area contributed by atoms with Crippen LogP contribution in [-0.4, -0.2) is 12.4 Å². The Balaban J connectivity index is 1.88. The molecule has 0 fully saturated rings. The van der Waals surface area contributed by atoms with Gasteiger partial charge in [0.25, 0.3) is 0 Å². The summed E-state index contributed by atoms with van der Waals surface area (Å²) in [5, 5.41) is 0.617. The zero-order valence-corrected chi connectivity index (χ0v) is 11.2. The number of benzene rings is 2. The summed E-state index contributed by atoms with van der Waals surface area (Å²) in [6, 6.07) is 10.0. The minimum Gasteiger partial charge on any atom is -0.369 e. The molecule has 2 aromatic rings. The van der Waals surface area contributed by atoms with Crippen molar-refractivity contribution in [2.75, 3.05) is 6.61 Å². The van der Waals surface area contributed by atoms with Crippen LogP contribution in [0.5, 0.6) is 0 Å². The van der Waals surface area contributed by atoms with E-state index in [1.165, 1.54) is 6.07 Å². The normalized spacial score (nSPS) is 10.6. The number of carbonyl (C=O) groups excluding carboxylic acids is 1. The Bertz CT molecular complexity index is 612. The lowest BCUT2D eigenvalue weighted by atomic mass is 10.1. The van der Waals surface area contributed by atoms with Crippen molar-refractivity contribution in [2.24, 2.45) is 0 Å². The number of hydrogen-bond acceptors (Lipinski definition) is 2. The van der Waals surface area contributed by atoms with E-state index in [1.807, 2.05) is 0 Å². The molecule has 0 radical (unpaired) electrons. The molecule has 0 saturated heterocycles. The van der Waals surface area contributed by atoms with E-state index in [-0.39, 0.29) is 18.8 Å². The standard InChI is InChI=1S/C15H11ClF2O2/c16-12-4-1-10(2-5-12)8-20-9-15(19)11-3-6-13(17)14(18)7-11/h1-7H,8-9H2. The van der Waals surface area contributed by atoms with Crippen molar-refractivity contribution in [3.8, 4) is 0 Å². The SMILES string of the molecule is O=C(COCc1ccc(Cl)cc1)c1ccc(F)c(F)c1. The lowest BCUT2D eigenvalue weighted by molar-refractivity contribution is 0.0726. The largest absolute Gasteiger partial charge is 0.369 e. The van der Waals surface area contributed by atoms with Gasteiger partial charge in [0.2, 0.25) is 0 Å². The average Bonchev–Trinajstić information content (AvgIpc) is 2.44. The number of halogens is 3. The molecule has 0 bridgehead atoms. The van der Waals surface area contributed by atoms with E-state index in [0.29, 0.717) is 5.02 Å². The molecule has 0 saturated carbocycles. The van der Waals surface area contributed by atoms with Gasteiger partial charge in [0.15, 0.2) is 17.4 Å². The first kappa shape index (κ1) is 14.6. The maximum Gasteiger partial charge on any atom is 0.188 e. The van der Waals surface area contributed by atoms with Gasteiger partial charge in [0, 0.05) is 10.6 Å². The zero-order chi connectivity index (χ0) is 14.5. The van der Waals surface area contributed by atoms with E-state index >= 15 is 0 Å². The number of Topliss-reactive ketones (excluding diaryl/α,β-unsaturated/α-hetero) is 1. The predicted molar refractivity (Wildman–Crippen MR) is 71.8 cm³/mol. The van der Waals surface area contributed by atoms with Crippen molar-refractivity contribution in [3.63, 3.8) is 0 Å². The van der Waals surface area contributed by atoms with Crippen molar-refractivity contribution in [1.29, 1.82) is 0 Å². The molecule has 2 nitrogen and oxygen atoms in total. The van der Waals surface area contributed by atoms with Crippen molar-refractivity contribution in [2.45, 2.75) is 6.61 Å². The van der Waals surface area contributed by atoms with Crippen LogP contribution in [0, 0.1) is 11.6 Å². The summed E-state index contributed by atoms with van der Waals surface area (Å²) in [7, 11) is 0. The highest BCUT2D eigenvalue weighted by atomic mass is 35.5. The van der Waals surface area contributed by atoms with Gasteiger partial charge in [-0.25, -0.2) is 8.78 Å². The van der Waals surface area contributed by atoms with Crippen LogP contribution in [0.2, 0.25) is 5.02 Å². The molecule has 0 amide bonds. The summed E-state index contributed by atoms with van der Waals surface area (Å²) in [6.07, 6.45) is 0. The minimum absolute atomic E-state index is 0.0833. The molecule has 20 heavy (non-hydrogen) atoms. The number of ether oxygens (including phenoxy) is 1. The highest BCUT2D eigenvalue weighted by molar-refractivity contribution is 6.30. The topological polar surface area (TPSA) is 26.3 Å². The molecule has 0 aliphatic carbocycles. The molecule has 0 aromatic heterocycles. The maximum atomic E-state index is 13.0. The van der Waals surface area contributed by atoms with Crippen LogP contribution in [-0.2, 0) is 11.3 Å². The molecule has 0 unspecified atom stereocenters. The molecule has 0 heterocycles. The fourth-order valence-electron chi connectivity index (χ4n) is 1.60. The molecule has 0 spiro atoms. The quantitative estimate of drug-likeness (QED) is 0.779. The molecular formula is C15H11ClF2O2. The van der Waals surface area contributed by atoms with E-state index in [0.717, 1.165) is 17.7 Å². The van der Waals surface area contributed by atoms with E-state index in [9.17, 15) is 13.6 Å². The van der Waals surface area contributed by atoms with Gasteiger partial charge in [-0.2, -0.15) is 0 Å². The predicted octanol–water partition coefficient (Wildman–Crippen LogP) is 4.02. The van der Waals surface area contributed by atoms with Crippen LogP contribution in [0.15, 0.2) is 42.5 Å². The van der Waals surface area contributed by atoms with Crippen LogP contribution in [0.1, 0.15) is 15.9 Å². The number of ketones is 1. The maximum absolute atomic E-state index is 13.0. The van der Waals surface area contributed by atoms with Crippen LogP contribution >= 0.6 is 11.6 Å². The van der Waals surface area contributed by atoms with Crippen LogP contribution in [0.3, 0.4) is 0 Å². The van der Waals surface area contributed by atoms with Gasteiger partial charge >= 0.3 is 0 Å². The summed E-state index contributed by atoms with van der Waals surface area (Å²) in [4.78, 5) is 11.7. The molecular weight excluding hydrogens is 286 g/mol. The van der Waals surface area contributed by atoms with Crippen LogP contribution in [0.4, 0.5) is 8.78 Å². The first-order valence-electron chi connectivity index (χ1n) is 5.86. The van der Waals surface area contributed by atoms with Gasteiger partial charge in [0.05, 0.1) is 6.61 Å². The second-order valence-corrected chi connectivity index (χ2v) is 4.61. The first-order chi connectivity index (χ1) is 9.56. The summed E-state index contributed by atoms with van der Waals surface area (Å²) in [6.45, 7) is 0.0419. The van der Waals surface area contributed by atoms with Gasteiger partial charge in [-0.1, -0.05) is 23.7 Å². The molecule has 2 aromatic carbocycles. The third-order valence-electron chi connectivity index (χ3n) is 2.66. The number of carbonyl (C=O) groups is 1. The second-order valence-electron chi connectivity index (χ2n) is 4.17. The third kappa shape index (κ3) is 3.85. The van der Waals surface area contributed by atoms with Gasteiger partial charge < -0.3 is 4.74 Å². The molecule has 104 valence electrons. The lowest BCUT2D eigenvalue weighted by Gasteiger charge is -2.05. The molecule has 0 aliphatic rings. The Hall–Kier alpha value is -1.78. The van der Waals surface area contributed by atoms with Gasteiger partial charge in [-0.05, 0) is 35.9 Å². The summed E-state index contributed by atoms with van der Waals surface area (Å²) in [5.74, 6) is -2.44. The Morgan fingerprint density at radius 3 is 2.40 bits per heavy atom. The Morgan fingerprint density at radius 1 is 1.05 bits per heavy atom. The van der Waals surface area contributed by atoms with Crippen molar-refractivity contribution in [3.05, 3.63) is 70.2 Å². The van der Waals surface area contributed by atoms with E-state index in [1.54, 1.807) is 24.3 Å². The molecule has 5 heteroatoms. The molecule has 0 atom stereocenters. The highest BCUT2D eigenvalue weighted by Gasteiger charge is 2.10. The van der Waals surface area contributed by atoms with Crippen molar-refractivity contribution in [1.82, 2.24) is 0 Å². The number of rotatable bonds is 5. The van der Waals surface area contributed by atoms with Gasteiger partial charge in [-0.15, -0.1) is 0 Å². The molecule has 2 rings (SSSR count). The van der Waals surface area contributed by atoms with Gasteiger partial charge in [-0.3, -0.25) is 4.79 Å². The van der Waals surface area contributed by atoms with Crippen molar-refractivity contribution < 1.29 is 18.3 Å². The van der Waals surface area contributed by atoms with Gasteiger partial charge in [0.1, 0.15) is 6.61 Å². The minimum atomic E-state index is -1.05. The summed E-state index contributed by atoms with van der Waals surface area (Å²) in [5.41, 5.74) is 0.951. The Kier molecular flexibility index (Phi) is 4.82. The smallest absolute Gasteiger partial charge is 0.188 e. The lowest BCUT2D eigenvalue weighted by Crippen LogP contribution is -2.09. The molecule has 0 N–H and O–H groups in total.